The standard InChI is InChI=1S/C54H42P4/c1-7-22-43(23-8-1)55(44-24-9-2-10-25-44)49-34-19-37-52(40-49)58(53-38-20-35-50(41-53)56(45-26-11-3-12-27-45)46-28-13-4-14-29-46)54-39-21-36-51(42-54)57(47-30-15-5-16-31-47)48-32-17-6-18-33-48/h1-42H. The molecule has 0 saturated heterocycles. The van der Waals surface area contributed by atoms with E-state index in [0.717, 1.165) is 0 Å². The van der Waals surface area contributed by atoms with Gasteiger partial charge in [-0.25, -0.2) is 0 Å². The highest BCUT2D eigenvalue weighted by Gasteiger charge is 2.25. The van der Waals surface area contributed by atoms with Crippen LogP contribution in [0.15, 0.2) is 255 Å². The summed E-state index contributed by atoms with van der Waals surface area (Å²) in [7, 11) is -3.24. The van der Waals surface area contributed by atoms with Gasteiger partial charge >= 0.3 is 0 Å². The Morgan fingerprint density at radius 3 is 0.448 bits per heavy atom. The van der Waals surface area contributed by atoms with E-state index in [-0.39, 0.29) is 0 Å². The Hall–Kier alpha value is -5.30. The Bertz CT molecular complexity index is 2250. The Kier molecular flexibility index (Phi) is 12.2. The van der Waals surface area contributed by atoms with Gasteiger partial charge in [-0.1, -0.05) is 237 Å². The molecule has 0 heterocycles. The fourth-order valence-corrected chi connectivity index (χ4v) is 17.3. The lowest BCUT2D eigenvalue weighted by Crippen LogP contribution is -2.29. The van der Waals surface area contributed by atoms with Crippen LogP contribution in [0.2, 0.25) is 0 Å². The molecular weight excluding hydrogens is 772 g/mol. The van der Waals surface area contributed by atoms with Gasteiger partial charge in [0.05, 0.1) is 0 Å². The maximum Gasteiger partial charge on any atom is -0.0134 e. The van der Waals surface area contributed by atoms with Crippen LogP contribution >= 0.6 is 31.7 Å². The van der Waals surface area contributed by atoms with Crippen molar-refractivity contribution >= 4 is 95.3 Å². The van der Waals surface area contributed by atoms with Crippen molar-refractivity contribution < 1.29 is 0 Å². The first-order valence-electron chi connectivity index (χ1n) is 19.6. The maximum absolute atomic E-state index is 2.53. The Morgan fingerprint density at radius 1 is 0.138 bits per heavy atom. The molecule has 0 nitrogen and oxygen atoms in total. The molecule has 278 valence electrons. The van der Waals surface area contributed by atoms with Crippen molar-refractivity contribution in [3.8, 4) is 0 Å². The summed E-state index contributed by atoms with van der Waals surface area (Å²) in [4.78, 5) is 0. The first-order chi connectivity index (χ1) is 28.8. The number of hydrogen-bond donors (Lipinski definition) is 0. The van der Waals surface area contributed by atoms with Gasteiger partial charge in [-0.2, -0.15) is 0 Å². The smallest absolute Gasteiger partial charge is 0.0134 e. The minimum absolute atomic E-state index is 0.762. The lowest BCUT2D eigenvalue weighted by molar-refractivity contribution is 1.74. The fourth-order valence-electron chi connectivity index (χ4n) is 7.56. The molecule has 0 amide bonds. The molecule has 4 heteroatoms. The van der Waals surface area contributed by atoms with Crippen LogP contribution in [0.5, 0.6) is 0 Å². The maximum atomic E-state index is 2.53. The van der Waals surface area contributed by atoms with Crippen LogP contribution in [0.3, 0.4) is 0 Å². The van der Waals surface area contributed by atoms with Crippen molar-refractivity contribution in [1.29, 1.82) is 0 Å². The predicted molar refractivity (Wildman–Crippen MR) is 261 cm³/mol. The van der Waals surface area contributed by atoms with E-state index in [1.807, 2.05) is 0 Å². The minimum Gasteiger partial charge on any atom is -0.0622 e. The quantitative estimate of drug-likeness (QED) is 0.108. The molecule has 0 saturated carbocycles. The number of benzene rings is 9. The van der Waals surface area contributed by atoms with Gasteiger partial charge in [0.15, 0.2) is 0 Å². The highest BCUT2D eigenvalue weighted by molar-refractivity contribution is 7.82. The van der Waals surface area contributed by atoms with E-state index >= 15 is 0 Å². The molecule has 0 aliphatic heterocycles. The second kappa shape index (κ2) is 18.5. The third kappa shape index (κ3) is 8.60. The third-order valence-corrected chi connectivity index (χ3v) is 19.8. The molecule has 9 aromatic carbocycles. The van der Waals surface area contributed by atoms with Gasteiger partial charge in [-0.3, -0.25) is 0 Å². The molecular formula is C54H42P4. The van der Waals surface area contributed by atoms with Gasteiger partial charge in [0, 0.05) is 0 Å². The van der Waals surface area contributed by atoms with Crippen molar-refractivity contribution in [1.82, 2.24) is 0 Å². The molecule has 0 aliphatic rings. The van der Waals surface area contributed by atoms with Crippen LogP contribution < -0.4 is 63.7 Å². The van der Waals surface area contributed by atoms with Crippen molar-refractivity contribution in [3.05, 3.63) is 255 Å². The minimum atomic E-state index is -0.951. The van der Waals surface area contributed by atoms with Crippen LogP contribution in [0, 0.1) is 0 Å². The Morgan fingerprint density at radius 2 is 0.276 bits per heavy atom. The monoisotopic (exact) mass is 814 g/mol. The summed E-state index contributed by atoms with van der Waals surface area (Å²) in [5, 5.41) is 16.4. The summed E-state index contributed by atoms with van der Waals surface area (Å²) in [6.45, 7) is 0. The fraction of sp³-hybridized carbons (Fsp3) is 0. The summed E-state index contributed by atoms with van der Waals surface area (Å²) in [6.07, 6.45) is 0. The van der Waals surface area contributed by atoms with E-state index in [1.54, 1.807) is 0 Å². The molecule has 0 aromatic heterocycles. The van der Waals surface area contributed by atoms with E-state index in [4.69, 9.17) is 0 Å². The average Bonchev–Trinajstić information content (AvgIpc) is 3.30. The summed E-state index contributed by atoms with van der Waals surface area (Å²) in [6, 6.07) is 95.1. The molecule has 0 bridgehead atoms. The normalized spacial score (nSPS) is 11.4. The van der Waals surface area contributed by atoms with Crippen LogP contribution in [0.25, 0.3) is 0 Å². The molecule has 0 fully saturated rings. The highest BCUT2D eigenvalue weighted by Crippen LogP contribution is 2.40. The number of rotatable bonds is 12. The van der Waals surface area contributed by atoms with Crippen LogP contribution in [-0.4, -0.2) is 0 Å². The topological polar surface area (TPSA) is 0 Å². The zero-order valence-electron chi connectivity index (χ0n) is 32.0. The summed E-state index contributed by atoms with van der Waals surface area (Å²) in [5.41, 5.74) is 0. The zero-order valence-corrected chi connectivity index (χ0v) is 35.6. The van der Waals surface area contributed by atoms with Crippen molar-refractivity contribution in [2.45, 2.75) is 0 Å². The van der Waals surface area contributed by atoms with Gasteiger partial charge in [-0.15, -0.1) is 0 Å². The van der Waals surface area contributed by atoms with E-state index in [9.17, 15) is 0 Å². The molecule has 58 heavy (non-hydrogen) atoms. The highest BCUT2D eigenvalue weighted by atomic mass is 31.1. The van der Waals surface area contributed by atoms with Gasteiger partial charge in [0.2, 0.25) is 0 Å². The molecule has 0 N–H and O–H groups in total. The van der Waals surface area contributed by atoms with Crippen LogP contribution in [0.1, 0.15) is 0 Å². The molecule has 0 spiro atoms. The summed E-state index contributed by atoms with van der Waals surface area (Å²) in [5.74, 6) is 0. The third-order valence-electron chi connectivity index (χ3n) is 10.1. The van der Waals surface area contributed by atoms with Gasteiger partial charge < -0.3 is 0 Å². The van der Waals surface area contributed by atoms with E-state index in [0.29, 0.717) is 0 Å². The molecule has 0 atom stereocenters. The predicted octanol–water partition coefficient (Wildman–Crippen LogP) is 8.72. The second-order valence-corrected chi connectivity index (χ2v) is 22.8. The molecule has 0 unspecified atom stereocenters. The lowest BCUT2D eigenvalue weighted by atomic mass is 10.3. The van der Waals surface area contributed by atoms with Gasteiger partial charge in [-0.05, 0) is 114 Å². The van der Waals surface area contributed by atoms with E-state index < -0.39 is 31.7 Å². The average molecular weight is 815 g/mol. The first-order valence-corrected chi connectivity index (χ1v) is 25.0. The SMILES string of the molecule is c1ccc(P(c2ccccc2)c2cccc(P(c3cccc(P(c4ccccc4)c4ccccc4)c3)c3cccc(P(c4ccccc4)c4ccccc4)c3)c2)cc1. The molecule has 0 aliphatic carbocycles. The lowest BCUT2D eigenvalue weighted by Gasteiger charge is -2.26. The van der Waals surface area contributed by atoms with Crippen LogP contribution in [0.4, 0.5) is 0 Å². The number of hydrogen-bond acceptors (Lipinski definition) is 0. The van der Waals surface area contributed by atoms with Crippen molar-refractivity contribution in [2.75, 3.05) is 0 Å². The van der Waals surface area contributed by atoms with Crippen LogP contribution in [-0.2, 0) is 0 Å². The van der Waals surface area contributed by atoms with Gasteiger partial charge in [0.25, 0.3) is 0 Å². The molecule has 9 rings (SSSR count). The van der Waals surface area contributed by atoms with Crippen molar-refractivity contribution in [3.63, 3.8) is 0 Å². The Balaban J connectivity index is 1.23. The van der Waals surface area contributed by atoms with Crippen molar-refractivity contribution in [2.24, 2.45) is 0 Å². The summed E-state index contributed by atoms with van der Waals surface area (Å²) >= 11 is 0. The van der Waals surface area contributed by atoms with E-state index in [2.05, 4.69) is 255 Å². The Labute approximate surface area is 348 Å². The summed E-state index contributed by atoms with van der Waals surface area (Å²) < 4.78 is 0. The molecule has 0 radical (unpaired) electrons. The second-order valence-electron chi connectivity index (χ2n) is 13.9. The zero-order chi connectivity index (χ0) is 38.9. The molecule has 9 aromatic rings. The van der Waals surface area contributed by atoms with Gasteiger partial charge in [0.1, 0.15) is 0 Å². The largest absolute Gasteiger partial charge is 0.0622 e. The first kappa shape index (κ1) is 38.2. The van der Waals surface area contributed by atoms with E-state index in [1.165, 1.54) is 63.7 Å².